The Bertz CT molecular complexity index is 1110. The van der Waals surface area contributed by atoms with Gasteiger partial charge in [-0.05, 0) is 74.4 Å². The van der Waals surface area contributed by atoms with Crippen LogP contribution in [0.4, 0.5) is 4.39 Å². The first-order valence-corrected chi connectivity index (χ1v) is 10.6. The second-order valence-electron chi connectivity index (χ2n) is 8.31. The Kier molecular flexibility index (Phi) is 6.03. The standard InChI is InChI=1S/C26H27FN2O2/c1-16-7-10-22(17(2)11-16)24(27)14-29-26(30)23-12-18(3)28-15-25(23)31-21-6-4-5-20(13-21)19-8-9-19/h4-7,10-13,15,19,24H,8-9,14H2,1-3H3,(H,29,30). The van der Waals surface area contributed by atoms with Crippen molar-refractivity contribution in [3.05, 3.63) is 88.2 Å². The first-order valence-electron chi connectivity index (χ1n) is 10.6. The summed E-state index contributed by atoms with van der Waals surface area (Å²) in [6.45, 7) is 5.55. The lowest BCUT2D eigenvalue weighted by molar-refractivity contribution is 0.0939. The highest BCUT2D eigenvalue weighted by molar-refractivity contribution is 5.97. The van der Waals surface area contributed by atoms with Crippen molar-refractivity contribution in [1.82, 2.24) is 10.3 Å². The van der Waals surface area contributed by atoms with Crippen LogP contribution in [0.15, 0.2) is 54.7 Å². The zero-order chi connectivity index (χ0) is 22.0. The fourth-order valence-corrected chi connectivity index (χ4v) is 3.75. The maximum atomic E-state index is 14.8. The predicted octanol–water partition coefficient (Wildman–Crippen LogP) is 6.12. The lowest BCUT2D eigenvalue weighted by Crippen LogP contribution is -2.28. The molecule has 0 spiro atoms. The number of benzene rings is 2. The molecule has 1 heterocycles. The van der Waals surface area contributed by atoms with E-state index in [-0.39, 0.29) is 12.5 Å². The van der Waals surface area contributed by atoms with Crippen LogP contribution < -0.4 is 10.1 Å². The third-order valence-electron chi connectivity index (χ3n) is 5.59. The van der Waals surface area contributed by atoms with E-state index in [1.807, 2.05) is 51.1 Å². The highest BCUT2D eigenvalue weighted by atomic mass is 19.1. The number of hydrogen-bond acceptors (Lipinski definition) is 3. The zero-order valence-electron chi connectivity index (χ0n) is 18.1. The number of amides is 1. The largest absolute Gasteiger partial charge is 0.455 e. The maximum absolute atomic E-state index is 14.8. The van der Waals surface area contributed by atoms with Crippen LogP contribution in [0.25, 0.3) is 0 Å². The van der Waals surface area contributed by atoms with Gasteiger partial charge in [0.2, 0.25) is 0 Å². The van der Waals surface area contributed by atoms with Crippen LogP contribution in [0.5, 0.6) is 11.5 Å². The van der Waals surface area contributed by atoms with Crippen LogP contribution >= 0.6 is 0 Å². The molecule has 160 valence electrons. The third kappa shape index (κ3) is 5.10. The summed E-state index contributed by atoms with van der Waals surface area (Å²) in [5.41, 5.74) is 4.83. The van der Waals surface area contributed by atoms with Gasteiger partial charge in [0.1, 0.15) is 11.9 Å². The molecule has 3 aromatic rings. The number of carbonyl (C=O) groups is 1. The van der Waals surface area contributed by atoms with Gasteiger partial charge in [-0.1, -0.05) is 35.9 Å². The van der Waals surface area contributed by atoms with E-state index in [0.717, 1.165) is 11.1 Å². The van der Waals surface area contributed by atoms with Crippen LogP contribution in [0, 0.1) is 20.8 Å². The van der Waals surface area contributed by atoms with Crippen molar-refractivity contribution in [2.75, 3.05) is 6.54 Å². The van der Waals surface area contributed by atoms with E-state index >= 15 is 0 Å². The Morgan fingerprint density at radius 2 is 1.97 bits per heavy atom. The molecule has 1 aromatic heterocycles. The molecular weight excluding hydrogens is 391 g/mol. The molecule has 4 nitrogen and oxygen atoms in total. The second kappa shape index (κ2) is 8.88. The number of pyridine rings is 1. The molecule has 1 atom stereocenters. The van der Waals surface area contributed by atoms with Crippen LogP contribution in [0.1, 0.15) is 63.2 Å². The predicted molar refractivity (Wildman–Crippen MR) is 120 cm³/mol. The van der Waals surface area contributed by atoms with Crippen LogP contribution in [-0.4, -0.2) is 17.4 Å². The number of rotatable bonds is 7. The molecule has 0 saturated heterocycles. The van der Waals surface area contributed by atoms with Crippen LogP contribution in [0.3, 0.4) is 0 Å². The third-order valence-corrected chi connectivity index (χ3v) is 5.59. The zero-order valence-corrected chi connectivity index (χ0v) is 18.1. The van der Waals surface area contributed by atoms with Crippen molar-refractivity contribution < 1.29 is 13.9 Å². The van der Waals surface area contributed by atoms with E-state index in [9.17, 15) is 9.18 Å². The van der Waals surface area contributed by atoms with Crippen molar-refractivity contribution in [2.24, 2.45) is 0 Å². The van der Waals surface area contributed by atoms with Gasteiger partial charge >= 0.3 is 0 Å². The molecule has 1 fully saturated rings. The van der Waals surface area contributed by atoms with Crippen LogP contribution in [-0.2, 0) is 0 Å². The van der Waals surface area contributed by atoms with E-state index < -0.39 is 6.17 Å². The Morgan fingerprint density at radius 3 is 2.71 bits per heavy atom. The SMILES string of the molecule is Cc1ccc(C(F)CNC(=O)c2cc(C)ncc2Oc2cccc(C3CC3)c2)c(C)c1. The number of aryl methyl sites for hydroxylation is 3. The van der Waals surface area contributed by atoms with Gasteiger partial charge < -0.3 is 10.1 Å². The summed E-state index contributed by atoms with van der Waals surface area (Å²) in [4.78, 5) is 17.2. The summed E-state index contributed by atoms with van der Waals surface area (Å²) in [6, 6.07) is 15.2. The molecule has 0 bridgehead atoms. The Labute approximate surface area is 182 Å². The lowest BCUT2D eigenvalue weighted by Gasteiger charge is -2.15. The normalized spacial score (nSPS) is 14.2. The average Bonchev–Trinajstić information content (AvgIpc) is 3.59. The summed E-state index contributed by atoms with van der Waals surface area (Å²) in [7, 11) is 0. The topological polar surface area (TPSA) is 51.2 Å². The van der Waals surface area contributed by atoms with Gasteiger partial charge in [0, 0.05) is 5.69 Å². The number of hydrogen-bond donors (Lipinski definition) is 1. The highest BCUT2D eigenvalue weighted by Gasteiger charge is 2.24. The highest BCUT2D eigenvalue weighted by Crippen LogP contribution is 2.41. The molecule has 1 aliphatic carbocycles. The van der Waals surface area contributed by atoms with Gasteiger partial charge in [-0.3, -0.25) is 9.78 Å². The number of nitrogens with zero attached hydrogens (tertiary/aromatic N) is 1. The Hall–Kier alpha value is -3.21. The minimum atomic E-state index is -1.29. The molecule has 1 amide bonds. The number of carbonyl (C=O) groups excluding carboxylic acids is 1. The molecule has 2 aromatic carbocycles. The van der Waals surface area contributed by atoms with Gasteiger partial charge in [0.15, 0.2) is 5.75 Å². The van der Waals surface area contributed by atoms with Gasteiger partial charge in [0.05, 0.1) is 18.3 Å². The van der Waals surface area contributed by atoms with Crippen molar-refractivity contribution in [3.8, 4) is 11.5 Å². The fourth-order valence-electron chi connectivity index (χ4n) is 3.75. The molecule has 1 aliphatic rings. The fraction of sp³-hybridized carbons (Fsp3) is 0.308. The number of alkyl halides is 1. The Balaban J connectivity index is 1.48. The first-order chi connectivity index (χ1) is 14.9. The maximum Gasteiger partial charge on any atom is 0.255 e. The van der Waals surface area contributed by atoms with Gasteiger partial charge in [-0.15, -0.1) is 0 Å². The number of aromatic nitrogens is 1. The number of halogens is 1. The van der Waals surface area contributed by atoms with Crippen molar-refractivity contribution in [2.45, 2.75) is 45.7 Å². The molecule has 4 rings (SSSR count). The molecule has 31 heavy (non-hydrogen) atoms. The van der Waals surface area contributed by atoms with Gasteiger partial charge in [-0.2, -0.15) is 0 Å². The molecular formula is C26H27FN2O2. The smallest absolute Gasteiger partial charge is 0.255 e. The van der Waals surface area contributed by atoms with E-state index in [4.69, 9.17) is 4.74 Å². The van der Waals surface area contributed by atoms with Crippen molar-refractivity contribution >= 4 is 5.91 Å². The molecule has 0 radical (unpaired) electrons. The monoisotopic (exact) mass is 418 g/mol. The molecule has 1 N–H and O–H groups in total. The second-order valence-corrected chi connectivity index (χ2v) is 8.31. The summed E-state index contributed by atoms with van der Waals surface area (Å²) in [5, 5.41) is 2.71. The van der Waals surface area contributed by atoms with E-state index in [0.29, 0.717) is 34.2 Å². The molecule has 0 aliphatic heterocycles. The van der Waals surface area contributed by atoms with E-state index in [1.165, 1.54) is 18.4 Å². The summed E-state index contributed by atoms with van der Waals surface area (Å²) in [6.07, 6.45) is 2.67. The van der Waals surface area contributed by atoms with Crippen molar-refractivity contribution in [3.63, 3.8) is 0 Å². The molecule has 1 unspecified atom stereocenters. The summed E-state index contributed by atoms with van der Waals surface area (Å²) in [5.74, 6) is 1.25. The van der Waals surface area contributed by atoms with Crippen molar-refractivity contribution in [1.29, 1.82) is 0 Å². The Morgan fingerprint density at radius 1 is 1.16 bits per heavy atom. The minimum Gasteiger partial charge on any atom is -0.455 e. The van der Waals surface area contributed by atoms with E-state index in [2.05, 4.69) is 16.4 Å². The van der Waals surface area contributed by atoms with Gasteiger partial charge in [-0.25, -0.2) is 4.39 Å². The summed E-state index contributed by atoms with van der Waals surface area (Å²) >= 11 is 0. The number of ether oxygens (including phenoxy) is 1. The van der Waals surface area contributed by atoms with Crippen LogP contribution in [0.2, 0.25) is 0 Å². The first kappa shape index (κ1) is 21.0. The quantitative estimate of drug-likeness (QED) is 0.503. The van der Waals surface area contributed by atoms with E-state index in [1.54, 1.807) is 18.3 Å². The lowest BCUT2D eigenvalue weighted by atomic mass is 10.0. The molecule has 1 saturated carbocycles. The van der Waals surface area contributed by atoms with Gasteiger partial charge in [0.25, 0.3) is 5.91 Å². The average molecular weight is 419 g/mol. The summed E-state index contributed by atoms with van der Waals surface area (Å²) < 4.78 is 20.8. The number of nitrogens with one attached hydrogen (secondary N) is 1. The minimum absolute atomic E-state index is 0.110. The molecule has 5 heteroatoms.